The third kappa shape index (κ3) is 10.9. The second kappa shape index (κ2) is 18.0. The molecular formula is C26H46Cl2N6O7S. The van der Waals surface area contributed by atoms with Crippen molar-refractivity contribution in [3.63, 3.8) is 0 Å². The smallest absolute Gasteiger partial charge is 0.327 e. The van der Waals surface area contributed by atoms with Crippen LogP contribution >= 0.6 is 24.8 Å². The summed E-state index contributed by atoms with van der Waals surface area (Å²) < 4.78 is 30.9. The van der Waals surface area contributed by atoms with E-state index < -0.39 is 34.5 Å². The van der Waals surface area contributed by atoms with Crippen LogP contribution in [0.4, 0.5) is 0 Å². The minimum atomic E-state index is -4.39. The lowest BCUT2D eigenvalue weighted by Gasteiger charge is -2.28. The molecule has 13 nitrogen and oxygen atoms in total. The fraction of sp³-hybridized carbons (Fsp3) is 0.769. The number of piperidine rings is 2. The van der Waals surface area contributed by atoms with Crippen LogP contribution in [0.2, 0.25) is 0 Å². The third-order valence-corrected chi connectivity index (χ3v) is 9.57. The molecule has 0 bridgehead atoms. The Morgan fingerprint density at radius 2 is 1.50 bits per heavy atom. The highest BCUT2D eigenvalue weighted by Crippen LogP contribution is 2.27. The number of aryl methyl sites for hydroxylation is 2. The number of nitrogens with one attached hydrogen (secondary N) is 4. The first kappa shape index (κ1) is 38.1. The normalized spacial score (nSPS) is 17.1. The van der Waals surface area contributed by atoms with E-state index in [1.165, 1.54) is 20.8 Å². The second-order valence-corrected chi connectivity index (χ2v) is 12.6. The number of nitrogens with zero attached hydrogens (tertiary/aromatic N) is 2. The van der Waals surface area contributed by atoms with Gasteiger partial charge in [0.25, 0.3) is 15.9 Å². The number of carboxylic acid groups (broad SMARTS) is 1. The van der Waals surface area contributed by atoms with Gasteiger partial charge in [0.1, 0.15) is 16.6 Å². The molecule has 2 aliphatic heterocycles. The Morgan fingerprint density at radius 1 is 1.00 bits per heavy atom. The minimum Gasteiger partial charge on any atom is -0.480 e. The lowest BCUT2D eigenvalue weighted by Crippen LogP contribution is -2.56. The van der Waals surface area contributed by atoms with Crippen LogP contribution in [0.3, 0.4) is 0 Å². The summed E-state index contributed by atoms with van der Waals surface area (Å²) >= 11 is 0. The van der Waals surface area contributed by atoms with E-state index >= 15 is 0 Å². The van der Waals surface area contributed by atoms with Crippen molar-refractivity contribution < 1.29 is 32.4 Å². The second-order valence-electron chi connectivity index (χ2n) is 11.0. The van der Waals surface area contributed by atoms with Crippen LogP contribution in [0.25, 0.3) is 0 Å². The van der Waals surface area contributed by atoms with E-state index in [0.29, 0.717) is 29.7 Å². The Kier molecular flexibility index (Phi) is 16.3. The first-order chi connectivity index (χ1) is 19.0. The van der Waals surface area contributed by atoms with Gasteiger partial charge in [0.15, 0.2) is 5.76 Å². The van der Waals surface area contributed by atoms with E-state index in [0.717, 1.165) is 64.7 Å². The molecule has 1 unspecified atom stereocenters. The highest BCUT2D eigenvalue weighted by molar-refractivity contribution is 7.89. The number of sulfonamides is 1. The maximum Gasteiger partial charge on any atom is 0.327 e. The van der Waals surface area contributed by atoms with Crippen LogP contribution in [0.15, 0.2) is 9.42 Å². The summed E-state index contributed by atoms with van der Waals surface area (Å²) in [5.74, 6) is -1.74. The van der Waals surface area contributed by atoms with E-state index in [1.54, 1.807) is 0 Å². The fourth-order valence-electron chi connectivity index (χ4n) is 5.50. The lowest BCUT2D eigenvalue weighted by atomic mass is 9.84. The van der Waals surface area contributed by atoms with Crippen molar-refractivity contribution in [2.75, 3.05) is 32.7 Å². The molecule has 1 aromatic heterocycles. The number of aliphatic carboxylic acids is 1. The molecule has 3 rings (SSSR count). The highest BCUT2D eigenvalue weighted by Gasteiger charge is 2.34. The molecule has 16 heteroatoms. The van der Waals surface area contributed by atoms with Crippen molar-refractivity contribution in [2.45, 2.75) is 83.1 Å². The average molecular weight is 658 g/mol. The number of amides is 2. The first-order valence-electron chi connectivity index (χ1n) is 14.2. The zero-order valence-electron chi connectivity index (χ0n) is 24.5. The largest absolute Gasteiger partial charge is 0.480 e. The molecule has 2 saturated heterocycles. The summed E-state index contributed by atoms with van der Waals surface area (Å²) in [5, 5.41) is 23.0. The Hall–Kier alpha value is -1.97. The molecule has 1 aromatic rings. The van der Waals surface area contributed by atoms with Crippen LogP contribution in [-0.2, 0) is 24.4 Å². The molecule has 3 heterocycles. The number of aromatic nitrogens is 1. The number of rotatable bonds is 14. The predicted molar refractivity (Wildman–Crippen MR) is 161 cm³/mol. The topological polar surface area (TPSA) is 183 Å². The number of halogens is 2. The van der Waals surface area contributed by atoms with Crippen LogP contribution in [0, 0.1) is 31.6 Å². The van der Waals surface area contributed by atoms with Crippen molar-refractivity contribution in [1.29, 1.82) is 0 Å². The van der Waals surface area contributed by atoms with Crippen molar-refractivity contribution in [3.8, 4) is 0 Å². The molecule has 0 radical (unpaired) electrons. The van der Waals surface area contributed by atoms with Gasteiger partial charge in [-0.3, -0.25) is 9.59 Å². The van der Waals surface area contributed by atoms with Crippen LogP contribution < -0.4 is 20.8 Å². The summed E-state index contributed by atoms with van der Waals surface area (Å²) in [4.78, 5) is 39.9. The Morgan fingerprint density at radius 3 is 1.93 bits per heavy atom. The molecule has 2 aliphatic rings. The van der Waals surface area contributed by atoms with Crippen LogP contribution in [0.5, 0.6) is 0 Å². The van der Waals surface area contributed by atoms with Gasteiger partial charge >= 0.3 is 5.97 Å². The van der Waals surface area contributed by atoms with Gasteiger partial charge in [-0.05, 0) is 110 Å². The molecule has 5 N–H and O–H groups in total. The van der Waals surface area contributed by atoms with Gasteiger partial charge in [-0.15, -0.1) is 29.6 Å². The Bertz CT molecular complexity index is 1080. The molecule has 0 aromatic carbocycles. The van der Waals surface area contributed by atoms with E-state index in [2.05, 4.69) is 25.9 Å². The summed E-state index contributed by atoms with van der Waals surface area (Å²) in [6, 6.07) is -1.53. The van der Waals surface area contributed by atoms with Crippen molar-refractivity contribution >= 4 is 52.6 Å². The summed E-state index contributed by atoms with van der Waals surface area (Å²) in [6.45, 7) is 7.37. The molecule has 0 aliphatic carbocycles. The number of carbonyl (C=O) groups excluding carboxylic acids is 2. The fourth-order valence-corrected chi connectivity index (χ4v) is 6.96. The molecule has 1 atom stereocenters. The van der Waals surface area contributed by atoms with Gasteiger partial charge in [-0.25, -0.2) is 18.2 Å². The van der Waals surface area contributed by atoms with Gasteiger partial charge < -0.3 is 25.6 Å². The van der Waals surface area contributed by atoms with Gasteiger partial charge in [0, 0.05) is 5.92 Å². The summed E-state index contributed by atoms with van der Waals surface area (Å²) in [6.07, 6.45) is 7.59. The molecular weight excluding hydrogens is 611 g/mol. The van der Waals surface area contributed by atoms with Gasteiger partial charge in [-0.2, -0.15) is 0 Å². The SMILES string of the molecule is Cc1noc(C)c1S(=O)(=O)NN(C(=O)CNC(=O)C(CCC1CCNCC1)CCC1CCNCC1)C(C)C(=O)O.Cl.Cl. The van der Waals surface area contributed by atoms with E-state index in [9.17, 15) is 27.9 Å². The van der Waals surface area contributed by atoms with E-state index in [-0.39, 0.29) is 53.0 Å². The van der Waals surface area contributed by atoms with Crippen molar-refractivity contribution in [3.05, 3.63) is 11.5 Å². The number of hydrazine groups is 1. The third-order valence-electron chi connectivity index (χ3n) is 8.02. The maximum absolute atomic E-state index is 13.3. The first-order valence-corrected chi connectivity index (χ1v) is 15.7. The lowest BCUT2D eigenvalue weighted by molar-refractivity contribution is -0.150. The van der Waals surface area contributed by atoms with Crippen LogP contribution in [-0.4, -0.2) is 80.2 Å². The number of hydrogen-bond donors (Lipinski definition) is 5. The Labute approximate surface area is 260 Å². The summed E-state index contributed by atoms with van der Waals surface area (Å²) in [5.41, 5.74) is 0.0685. The monoisotopic (exact) mass is 656 g/mol. The van der Waals surface area contributed by atoms with Crippen molar-refractivity contribution in [2.24, 2.45) is 17.8 Å². The predicted octanol–water partition coefficient (Wildman–Crippen LogP) is 1.92. The van der Waals surface area contributed by atoms with Gasteiger partial charge in [-0.1, -0.05) is 5.16 Å². The van der Waals surface area contributed by atoms with Gasteiger partial charge in [0.2, 0.25) is 5.91 Å². The maximum atomic E-state index is 13.3. The molecule has 0 saturated carbocycles. The van der Waals surface area contributed by atoms with Crippen molar-refractivity contribution in [1.82, 2.24) is 30.9 Å². The number of carboxylic acids is 1. The standard InChI is InChI=1S/C26H44N6O7S.2ClH/c1-17-24(19(3)39-30-17)40(37,38)31-32(18(2)26(35)36)23(33)16-29-25(34)22(6-4-20-8-12-27-13-9-20)7-5-21-10-14-28-15-11-21;;/h18,20-22,27-28,31H,4-16H2,1-3H3,(H,29,34)(H,35,36);2*1H. The summed E-state index contributed by atoms with van der Waals surface area (Å²) in [7, 11) is -4.39. The highest BCUT2D eigenvalue weighted by atomic mass is 35.5. The molecule has 242 valence electrons. The molecule has 0 spiro atoms. The van der Waals surface area contributed by atoms with Crippen LogP contribution in [0.1, 0.15) is 69.7 Å². The van der Waals surface area contributed by atoms with E-state index in [1.807, 2.05) is 0 Å². The molecule has 2 fully saturated rings. The Balaban J connectivity index is 0.00000441. The van der Waals surface area contributed by atoms with E-state index in [4.69, 9.17) is 4.52 Å². The quantitative estimate of drug-likeness (QED) is 0.185. The average Bonchev–Trinajstić information content (AvgIpc) is 3.29. The number of carbonyl (C=O) groups is 3. The minimum absolute atomic E-state index is 0. The zero-order valence-corrected chi connectivity index (χ0v) is 27.0. The molecule has 2 amide bonds. The molecule has 42 heavy (non-hydrogen) atoms. The number of hydrogen-bond acceptors (Lipinski definition) is 9. The van der Waals surface area contributed by atoms with Gasteiger partial charge in [0.05, 0.1) is 6.54 Å². The zero-order chi connectivity index (χ0) is 29.3.